The van der Waals surface area contributed by atoms with E-state index < -0.39 is 5.54 Å². The lowest BCUT2D eigenvalue weighted by Crippen LogP contribution is -2.39. The molecule has 1 aromatic carbocycles. The fourth-order valence-electron chi connectivity index (χ4n) is 1.78. The second kappa shape index (κ2) is 6.01. The SMILES string of the molecule is Cc1ccc(CCNC(=O)CC(C)(C)N)cc1C. The zero-order chi connectivity index (χ0) is 13.8. The van der Waals surface area contributed by atoms with Crippen LogP contribution in [0.2, 0.25) is 0 Å². The Kier molecular flexibility index (Phi) is 4.91. The van der Waals surface area contributed by atoms with Gasteiger partial charge in [-0.3, -0.25) is 4.79 Å². The molecule has 3 N–H and O–H groups in total. The molecule has 0 radical (unpaired) electrons. The normalized spacial score (nSPS) is 11.4. The number of hydrogen-bond donors (Lipinski definition) is 2. The summed E-state index contributed by atoms with van der Waals surface area (Å²) in [5.74, 6) is 0.0198. The molecule has 100 valence electrons. The minimum atomic E-state index is -0.440. The van der Waals surface area contributed by atoms with Crippen molar-refractivity contribution in [3.8, 4) is 0 Å². The lowest BCUT2D eigenvalue weighted by molar-refractivity contribution is -0.121. The predicted molar refractivity (Wildman–Crippen MR) is 75.5 cm³/mol. The molecular weight excluding hydrogens is 224 g/mol. The lowest BCUT2D eigenvalue weighted by Gasteiger charge is -2.17. The number of carbonyl (C=O) groups is 1. The predicted octanol–water partition coefficient (Wildman–Crippen LogP) is 2.09. The second-order valence-corrected chi connectivity index (χ2v) is 5.68. The van der Waals surface area contributed by atoms with Gasteiger partial charge in [0.25, 0.3) is 0 Å². The molecule has 0 aromatic heterocycles. The van der Waals surface area contributed by atoms with Crippen LogP contribution in [0.5, 0.6) is 0 Å². The second-order valence-electron chi connectivity index (χ2n) is 5.68. The summed E-state index contributed by atoms with van der Waals surface area (Å²) >= 11 is 0. The molecule has 0 aliphatic heterocycles. The Morgan fingerprint density at radius 3 is 2.50 bits per heavy atom. The van der Waals surface area contributed by atoms with Gasteiger partial charge in [0.15, 0.2) is 0 Å². The number of aryl methyl sites for hydroxylation is 2. The van der Waals surface area contributed by atoms with E-state index in [1.165, 1.54) is 16.7 Å². The summed E-state index contributed by atoms with van der Waals surface area (Å²) < 4.78 is 0. The fourth-order valence-corrected chi connectivity index (χ4v) is 1.78. The van der Waals surface area contributed by atoms with E-state index in [0.29, 0.717) is 13.0 Å². The minimum Gasteiger partial charge on any atom is -0.356 e. The van der Waals surface area contributed by atoms with E-state index in [1.54, 1.807) is 0 Å². The van der Waals surface area contributed by atoms with E-state index in [0.717, 1.165) is 6.42 Å². The monoisotopic (exact) mass is 248 g/mol. The number of nitrogens with one attached hydrogen (secondary N) is 1. The van der Waals surface area contributed by atoms with Crippen molar-refractivity contribution in [3.05, 3.63) is 34.9 Å². The first-order chi connectivity index (χ1) is 8.28. The highest BCUT2D eigenvalue weighted by Gasteiger charge is 2.15. The standard InChI is InChI=1S/C15H24N2O/c1-11-5-6-13(9-12(11)2)7-8-17-14(18)10-15(3,4)16/h5-6,9H,7-8,10,16H2,1-4H3,(H,17,18). The summed E-state index contributed by atoms with van der Waals surface area (Å²) in [6.07, 6.45) is 1.22. The molecule has 1 amide bonds. The maximum atomic E-state index is 11.6. The van der Waals surface area contributed by atoms with E-state index in [2.05, 4.69) is 37.4 Å². The molecule has 0 unspecified atom stereocenters. The van der Waals surface area contributed by atoms with Crippen LogP contribution in [-0.4, -0.2) is 18.0 Å². The summed E-state index contributed by atoms with van der Waals surface area (Å²) in [7, 11) is 0. The molecule has 0 saturated carbocycles. The number of carbonyl (C=O) groups excluding carboxylic acids is 1. The first kappa shape index (κ1) is 14.7. The highest BCUT2D eigenvalue weighted by Crippen LogP contribution is 2.10. The Morgan fingerprint density at radius 1 is 1.28 bits per heavy atom. The molecule has 3 heteroatoms. The maximum absolute atomic E-state index is 11.6. The van der Waals surface area contributed by atoms with Crippen LogP contribution in [0, 0.1) is 13.8 Å². The highest BCUT2D eigenvalue weighted by molar-refractivity contribution is 5.77. The summed E-state index contributed by atoms with van der Waals surface area (Å²) in [4.78, 5) is 11.6. The third-order valence-electron chi connectivity index (χ3n) is 2.92. The average molecular weight is 248 g/mol. The van der Waals surface area contributed by atoms with Gasteiger partial charge in [-0.15, -0.1) is 0 Å². The molecule has 3 nitrogen and oxygen atoms in total. The van der Waals surface area contributed by atoms with Crippen molar-refractivity contribution in [1.82, 2.24) is 5.32 Å². The third kappa shape index (κ3) is 5.32. The van der Waals surface area contributed by atoms with Crippen molar-refractivity contribution in [2.75, 3.05) is 6.54 Å². The van der Waals surface area contributed by atoms with Gasteiger partial charge in [0, 0.05) is 18.5 Å². The molecule has 0 fully saturated rings. The summed E-state index contributed by atoms with van der Waals surface area (Å²) in [6, 6.07) is 6.41. The molecule has 0 spiro atoms. The topological polar surface area (TPSA) is 55.1 Å². The number of hydrogen-bond acceptors (Lipinski definition) is 2. The summed E-state index contributed by atoms with van der Waals surface area (Å²) in [5, 5.41) is 2.90. The van der Waals surface area contributed by atoms with Crippen molar-refractivity contribution in [1.29, 1.82) is 0 Å². The minimum absolute atomic E-state index is 0.0198. The number of amides is 1. The van der Waals surface area contributed by atoms with E-state index in [9.17, 15) is 4.79 Å². The van der Waals surface area contributed by atoms with E-state index >= 15 is 0 Å². The molecule has 0 bridgehead atoms. The first-order valence-corrected chi connectivity index (χ1v) is 6.40. The molecule has 1 aromatic rings. The Morgan fingerprint density at radius 2 is 1.94 bits per heavy atom. The van der Waals surface area contributed by atoms with Crippen LogP contribution in [0.1, 0.15) is 37.0 Å². The molecule has 0 saturated heterocycles. The van der Waals surface area contributed by atoms with Gasteiger partial charge in [-0.1, -0.05) is 18.2 Å². The summed E-state index contributed by atoms with van der Waals surface area (Å²) in [5.41, 5.74) is 9.20. The number of nitrogens with two attached hydrogens (primary N) is 1. The van der Waals surface area contributed by atoms with Crippen molar-refractivity contribution in [2.24, 2.45) is 5.73 Å². The number of benzene rings is 1. The smallest absolute Gasteiger partial charge is 0.221 e. The first-order valence-electron chi connectivity index (χ1n) is 6.40. The van der Waals surface area contributed by atoms with Crippen molar-refractivity contribution < 1.29 is 4.79 Å². The zero-order valence-corrected chi connectivity index (χ0v) is 11.8. The van der Waals surface area contributed by atoms with Crippen molar-refractivity contribution in [2.45, 2.75) is 46.1 Å². The van der Waals surface area contributed by atoms with Gasteiger partial charge in [-0.2, -0.15) is 0 Å². The Hall–Kier alpha value is -1.35. The van der Waals surface area contributed by atoms with Gasteiger partial charge in [0.2, 0.25) is 5.91 Å². The van der Waals surface area contributed by atoms with Crippen LogP contribution >= 0.6 is 0 Å². The Bertz CT molecular complexity index is 419. The van der Waals surface area contributed by atoms with E-state index in [1.807, 2.05) is 13.8 Å². The Balaban J connectivity index is 2.38. The van der Waals surface area contributed by atoms with Crippen LogP contribution < -0.4 is 11.1 Å². The van der Waals surface area contributed by atoms with Gasteiger partial charge in [-0.05, 0) is 50.8 Å². The van der Waals surface area contributed by atoms with Gasteiger partial charge >= 0.3 is 0 Å². The maximum Gasteiger partial charge on any atom is 0.221 e. The molecule has 0 aliphatic carbocycles. The largest absolute Gasteiger partial charge is 0.356 e. The van der Waals surface area contributed by atoms with E-state index in [-0.39, 0.29) is 5.91 Å². The van der Waals surface area contributed by atoms with Crippen molar-refractivity contribution in [3.63, 3.8) is 0 Å². The molecular formula is C15H24N2O. The Labute approximate surface area is 110 Å². The van der Waals surface area contributed by atoms with Crippen LogP contribution in [0.4, 0.5) is 0 Å². The van der Waals surface area contributed by atoms with Crippen molar-refractivity contribution >= 4 is 5.91 Å². The number of rotatable bonds is 5. The lowest BCUT2D eigenvalue weighted by atomic mass is 10.0. The van der Waals surface area contributed by atoms with Gasteiger partial charge < -0.3 is 11.1 Å². The van der Waals surface area contributed by atoms with Crippen LogP contribution in [0.3, 0.4) is 0 Å². The van der Waals surface area contributed by atoms with Gasteiger partial charge in [0.05, 0.1) is 0 Å². The third-order valence-corrected chi connectivity index (χ3v) is 2.92. The molecule has 0 atom stereocenters. The molecule has 18 heavy (non-hydrogen) atoms. The van der Waals surface area contributed by atoms with Crippen LogP contribution in [0.25, 0.3) is 0 Å². The van der Waals surface area contributed by atoms with E-state index in [4.69, 9.17) is 5.73 Å². The van der Waals surface area contributed by atoms with Gasteiger partial charge in [0.1, 0.15) is 0 Å². The molecule has 0 heterocycles. The van der Waals surface area contributed by atoms with Crippen LogP contribution in [-0.2, 0) is 11.2 Å². The summed E-state index contributed by atoms with van der Waals surface area (Å²) in [6.45, 7) is 8.59. The molecule has 0 aliphatic rings. The zero-order valence-electron chi connectivity index (χ0n) is 11.8. The highest BCUT2D eigenvalue weighted by atomic mass is 16.1. The fraction of sp³-hybridized carbons (Fsp3) is 0.533. The van der Waals surface area contributed by atoms with Crippen LogP contribution in [0.15, 0.2) is 18.2 Å². The quantitative estimate of drug-likeness (QED) is 0.838. The van der Waals surface area contributed by atoms with Gasteiger partial charge in [-0.25, -0.2) is 0 Å². The molecule has 1 rings (SSSR count). The average Bonchev–Trinajstić information content (AvgIpc) is 2.20.